The van der Waals surface area contributed by atoms with Gasteiger partial charge in [-0.2, -0.15) is 0 Å². The lowest BCUT2D eigenvalue weighted by atomic mass is 10.2. The molecule has 1 amide bonds. The first-order chi connectivity index (χ1) is 13.6. The molecule has 0 aliphatic carbocycles. The minimum atomic E-state index is -0.307. The third-order valence-corrected chi connectivity index (χ3v) is 4.53. The Morgan fingerprint density at radius 2 is 2.21 bits per heavy atom. The molecule has 4 rings (SSSR count). The van der Waals surface area contributed by atoms with Crippen molar-refractivity contribution in [2.24, 2.45) is 0 Å². The average Bonchev–Trinajstić information content (AvgIpc) is 3.11. The first-order valence-electron chi connectivity index (χ1n) is 8.97. The zero-order valence-corrected chi connectivity index (χ0v) is 15.9. The minimum Gasteiger partial charge on any atom is -0.495 e. The Balaban J connectivity index is 1.88. The molecule has 9 heteroatoms. The van der Waals surface area contributed by atoms with Gasteiger partial charge in [-0.3, -0.25) is 0 Å². The van der Waals surface area contributed by atoms with Gasteiger partial charge in [0.25, 0.3) is 0 Å². The molecule has 1 atom stereocenters. The number of ether oxygens (including phenoxy) is 2. The Kier molecular flexibility index (Phi) is 4.74. The van der Waals surface area contributed by atoms with Crippen molar-refractivity contribution < 1.29 is 14.3 Å². The van der Waals surface area contributed by atoms with Crippen molar-refractivity contribution in [1.82, 2.24) is 19.9 Å². The second-order valence-corrected chi connectivity index (χ2v) is 6.62. The van der Waals surface area contributed by atoms with Gasteiger partial charge in [0.2, 0.25) is 0 Å². The largest absolute Gasteiger partial charge is 0.495 e. The SMILES string of the molecule is CNc1cc2nc3c1ncn3C(=O)N[C@H](C)COCc1ccc(OC)c(c1)N2. The van der Waals surface area contributed by atoms with Crippen LogP contribution in [0, 0.1) is 0 Å². The summed E-state index contributed by atoms with van der Waals surface area (Å²) in [5.41, 5.74) is 3.57. The number of pyridine rings is 1. The Labute approximate surface area is 162 Å². The van der Waals surface area contributed by atoms with E-state index in [0.29, 0.717) is 35.9 Å². The number of hydrogen-bond acceptors (Lipinski definition) is 7. The summed E-state index contributed by atoms with van der Waals surface area (Å²) in [4.78, 5) is 21.7. The zero-order chi connectivity index (χ0) is 19.7. The Bertz CT molecular complexity index is 1030. The number of benzene rings is 1. The van der Waals surface area contributed by atoms with Crippen LogP contribution in [0.25, 0.3) is 11.2 Å². The number of nitrogens with one attached hydrogen (secondary N) is 3. The van der Waals surface area contributed by atoms with Crippen LogP contribution < -0.4 is 20.7 Å². The smallest absolute Gasteiger partial charge is 0.328 e. The average molecular weight is 382 g/mol. The van der Waals surface area contributed by atoms with Crippen molar-refractivity contribution in [2.45, 2.75) is 19.6 Å². The lowest BCUT2D eigenvalue weighted by molar-refractivity contribution is 0.104. The number of nitrogens with zero attached hydrogens (tertiary/aromatic N) is 3. The summed E-state index contributed by atoms with van der Waals surface area (Å²) in [6.07, 6.45) is 1.47. The summed E-state index contributed by atoms with van der Waals surface area (Å²) < 4.78 is 12.6. The van der Waals surface area contributed by atoms with Crippen LogP contribution in [0.15, 0.2) is 30.6 Å². The normalized spacial score (nSPS) is 17.0. The molecule has 1 aromatic carbocycles. The number of aromatic nitrogens is 3. The van der Waals surface area contributed by atoms with Gasteiger partial charge in [0.1, 0.15) is 23.4 Å². The van der Waals surface area contributed by atoms with Crippen LogP contribution in [0.2, 0.25) is 0 Å². The van der Waals surface area contributed by atoms with Crippen LogP contribution in [0.4, 0.5) is 22.0 Å². The number of carbonyl (C=O) groups excluding carboxylic acids is 1. The molecule has 3 heterocycles. The molecule has 1 aliphatic rings. The number of fused-ring (bicyclic) bond motifs is 3. The number of methoxy groups -OCH3 is 1. The molecule has 146 valence electrons. The summed E-state index contributed by atoms with van der Waals surface area (Å²) in [7, 11) is 3.42. The van der Waals surface area contributed by atoms with Crippen molar-refractivity contribution in [1.29, 1.82) is 0 Å². The molecule has 0 saturated heterocycles. The highest BCUT2D eigenvalue weighted by Gasteiger charge is 2.18. The molecule has 0 radical (unpaired) electrons. The molecule has 0 fully saturated rings. The van der Waals surface area contributed by atoms with E-state index in [2.05, 4.69) is 25.9 Å². The van der Waals surface area contributed by atoms with E-state index in [1.54, 1.807) is 14.2 Å². The van der Waals surface area contributed by atoms with E-state index in [1.165, 1.54) is 10.9 Å². The van der Waals surface area contributed by atoms with Crippen LogP contribution in [0.3, 0.4) is 0 Å². The molecule has 9 nitrogen and oxygen atoms in total. The Morgan fingerprint density at radius 3 is 3.00 bits per heavy atom. The van der Waals surface area contributed by atoms with Crippen LogP contribution in [0.5, 0.6) is 5.75 Å². The summed E-state index contributed by atoms with van der Waals surface area (Å²) in [5, 5.41) is 9.31. The van der Waals surface area contributed by atoms with E-state index < -0.39 is 0 Å². The number of hydrogen-bond donors (Lipinski definition) is 3. The summed E-state index contributed by atoms with van der Waals surface area (Å²) in [6, 6.07) is 7.17. The van der Waals surface area contributed by atoms with Gasteiger partial charge in [0, 0.05) is 13.1 Å². The van der Waals surface area contributed by atoms with Gasteiger partial charge in [0.15, 0.2) is 5.65 Å². The highest BCUT2D eigenvalue weighted by Crippen LogP contribution is 2.31. The Morgan fingerprint density at radius 1 is 1.36 bits per heavy atom. The molecule has 1 aliphatic heterocycles. The predicted molar refractivity (Wildman–Crippen MR) is 106 cm³/mol. The van der Waals surface area contributed by atoms with Gasteiger partial charge in [-0.15, -0.1) is 0 Å². The van der Waals surface area contributed by atoms with Crippen molar-refractivity contribution in [3.05, 3.63) is 36.2 Å². The summed E-state index contributed by atoms with van der Waals surface area (Å²) >= 11 is 0. The maximum Gasteiger partial charge on any atom is 0.328 e. The van der Waals surface area contributed by atoms with E-state index in [9.17, 15) is 4.79 Å². The molecule has 3 aromatic rings. The van der Waals surface area contributed by atoms with Crippen molar-refractivity contribution in [3.63, 3.8) is 0 Å². The molecular weight excluding hydrogens is 360 g/mol. The van der Waals surface area contributed by atoms with Gasteiger partial charge in [-0.05, 0) is 24.6 Å². The summed E-state index contributed by atoms with van der Waals surface area (Å²) in [6.45, 7) is 2.69. The lowest BCUT2D eigenvalue weighted by Gasteiger charge is -2.17. The van der Waals surface area contributed by atoms with Gasteiger partial charge in [0.05, 0.1) is 37.7 Å². The van der Waals surface area contributed by atoms with Crippen LogP contribution in [0.1, 0.15) is 12.5 Å². The molecule has 2 aromatic heterocycles. The molecule has 0 spiro atoms. The fourth-order valence-electron chi connectivity index (χ4n) is 3.15. The zero-order valence-electron chi connectivity index (χ0n) is 15.9. The van der Waals surface area contributed by atoms with Crippen molar-refractivity contribution in [2.75, 3.05) is 31.4 Å². The van der Waals surface area contributed by atoms with E-state index in [4.69, 9.17) is 9.47 Å². The predicted octanol–water partition coefficient (Wildman–Crippen LogP) is 2.70. The van der Waals surface area contributed by atoms with Gasteiger partial charge in [-0.1, -0.05) is 6.07 Å². The number of anilines is 3. The van der Waals surface area contributed by atoms with Crippen LogP contribution in [-0.4, -0.2) is 47.4 Å². The van der Waals surface area contributed by atoms with Crippen molar-refractivity contribution >= 4 is 34.4 Å². The topological polar surface area (TPSA) is 102 Å². The highest BCUT2D eigenvalue weighted by atomic mass is 16.5. The van der Waals surface area contributed by atoms with Crippen LogP contribution in [-0.2, 0) is 11.3 Å². The fourth-order valence-corrected chi connectivity index (χ4v) is 3.15. The molecule has 0 saturated carbocycles. The van der Waals surface area contributed by atoms with Gasteiger partial charge in [-0.25, -0.2) is 19.3 Å². The van der Waals surface area contributed by atoms with Crippen molar-refractivity contribution in [3.8, 4) is 5.75 Å². The summed E-state index contributed by atoms with van der Waals surface area (Å²) in [5.74, 6) is 1.25. The molecular formula is C19H22N6O3. The lowest BCUT2D eigenvalue weighted by Crippen LogP contribution is -2.38. The van der Waals surface area contributed by atoms with E-state index in [-0.39, 0.29) is 12.1 Å². The number of carbonyl (C=O) groups is 1. The third-order valence-electron chi connectivity index (χ3n) is 4.53. The molecule has 28 heavy (non-hydrogen) atoms. The second kappa shape index (κ2) is 7.35. The number of rotatable bonds is 2. The highest BCUT2D eigenvalue weighted by molar-refractivity contribution is 5.94. The number of imidazole rings is 1. The second-order valence-electron chi connectivity index (χ2n) is 6.62. The van der Waals surface area contributed by atoms with Gasteiger partial charge >= 0.3 is 6.03 Å². The maximum absolute atomic E-state index is 12.7. The molecule has 3 N–H and O–H groups in total. The molecule has 0 unspecified atom stereocenters. The van der Waals surface area contributed by atoms with Gasteiger partial charge < -0.3 is 25.4 Å². The van der Waals surface area contributed by atoms with Crippen LogP contribution >= 0.6 is 0 Å². The van der Waals surface area contributed by atoms with E-state index in [0.717, 1.165) is 16.9 Å². The van der Waals surface area contributed by atoms with E-state index in [1.807, 2.05) is 31.2 Å². The Hall–Kier alpha value is -3.33. The standard InChI is InChI=1S/C19H22N6O3/c1-11-8-28-9-12-4-5-15(27-3)13(6-12)23-16-7-14(20-2)17-18(24-16)25(10-21-17)19(26)22-11/h4-7,10-11H,8-9H2,1-3H3,(H,22,26)(H2,20,23,24)/t11-/m1/s1. The monoisotopic (exact) mass is 382 g/mol. The molecule has 4 bridgehead atoms. The number of amides is 1. The van der Waals surface area contributed by atoms with E-state index >= 15 is 0 Å². The first kappa shape index (κ1) is 18.1. The third kappa shape index (κ3) is 3.31. The quantitative estimate of drug-likeness (QED) is 0.626. The fraction of sp³-hybridized carbons (Fsp3) is 0.316. The maximum atomic E-state index is 12.7. The minimum absolute atomic E-state index is 0.171. The first-order valence-corrected chi connectivity index (χ1v) is 8.97.